The average molecular weight is 243 g/mol. The Morgan fingerprint density at radius 1 is 1.29 bits per heavy atom. The van der Waals surface area contributed by atoms with Gasteiger partial charge in [-0.15, -0.1) is 0 Å². The molecule has 0 saturated heterocycles. The van der Waals surface area contributed by atoms with E-state index in [1.807, 2.05) is 6.92 Å². The van der Waals surface area contributed by atoms with Crippen LogP contribution < -0.4 is 5.32 Å². The molecule has 0 radical (unpaired) electrons. The van der Waals surface area contributed by atoms with Crippen molar-refractivity contribution in [2.75, 3.05) is 0 Å². The predicted molar refractivity (Wildman–Crippen MR) is 67.8 cm³/mol. The van der Waals surface area contributed by atoms with Crippen molar-refractivity contribution in [3.8, 4) is 0 Å². The van der Waals surface area contributed by atoms with E-state index in [4.69, 9.17) is 5.11 Å². The van der Waals surface area contributed by atoms with Gasteiger partial charge in [-0.25, -0.2) is 0 Å². The molecule has 4 heteroatoms. The zero-order valence-electron chi connectivity index (χ0n) is 11.4. The average Bonchev–Trinajstić information content (AvgIpc) is 2.10. The Morgan fingerprint density at radius 3 is 2.35 bits per heavy atom. The molecule has 0 spiro atoms. The third-order valence-electron chi connectivity index (χ3n) is 2.67. The standard InChI is InChI=1S/C13H25NO3/c1-5-6-7-10(2)14-11(15)8-13(3,4)9-12(16)17/h10H,5-9H2,1-4H3,(H,14,15)(H,16,17). The lowest BCUT2D eigenvalue weighted by molar-refractivity contribution is -0.139. The Kier molecular flexibility index (Phi) is 6.85. The quantitative estimate of drug-likeness (QED) is 0.688. The maximum absolute atomic E-state index is 11.7. The van der Waals surface area contributed by atoms with Gasteiger partial charge in [-0.2, -0.15) is 0 Å². The number of hydrogen-bond donors (Lipinski definition) is 2. The van der Waals surface area contributed by atoms with Crippen molar-refractivity contribution in [3.63, 3.8) is 0 Å². The van der Waals surface area contributed by atoms with Crippen molar-refractivity contribution >= 4 is 11.9 Å². The molecule has 0 aliphatic carbocycles. The molecule has 0 heterocycles. The van der Waals surface area contributed by atoms with E-state index in [2.05, 4.69) is 12.2 Å². The second-order valence-electron chi connectivity index (χ2n) is 5.52. The fourth-order valence-electron chi connectivity index (χ4n) is 1.81. The minimum atomic E-state index is -0.859. The Bertz CT molecular complexity index is 261. The molecule has 17 heavy (non-hydrogen) atoms. The molecule has 0 aromatic rings. The van der Waals surface area contributed by atoms with Crippen LogP contribution in [-0.2, 0) is 9.59 Å². The van der Waals surface area contributed by atoms with Crippen molar-refractivity contribution in [2.45, 2.75) is 65.8 Å². The highest BCUT2D eigenvalue weighted by Gasteiger charge is 2.25. The second kappa shape index (κ2) is 7.30. The van der Waals surface area contributed by atoms with Crippen molar-refractivity contribution in [1.82, 2.24) is 5.32 Å². The summed E-state index contributed by atoms with van der Waals surface area (Å²) in [7, 11) is 0. The Hall–Kier alpha value is -1.06. The maximum atomic E-state index is 11.7. The minimum absolute atomic E-state index is 0.0176. The van der Waals surface area contributed by atoms with Gasteiger partial charge in [0.2, 0.25) is 5.91 Å². The van der Waals surface area contributed by atoms with Crippen LogP contribution in [0, 0.1) is 5.41 Å². The summed E-state index contributed by atoms with van der Waals surface area (Å²) in [4.78, 5) is 22.3. The van der Waals surface area contributed by atoms with Crippen LogP contribution in [0.15, 0.2) is 0 Å². The molecule has 2 N–H and O–H groups in total. The summed E-state index contributed by atoms with van der Waals surface area (Å²) in [6, 6.07) is 0.170. The summed E-state index contributed by atoms with van der Waals surface area (Å²) in [5.74, 6) is -0.915. The number of carboxylic acids is 1. The molecule has 0 aliphatic heterocycles. The van der Waals surface area contributed by atoms with Crippen LogP contribution in [0.1, 0.15) is 59.8 Å². The molecular weight excluding hydrogens is 218 g/mol. The first-order valence-corrected chi connectivity index (χ1v) is 6.28. The molecule has 1 atom stereocenters. The Labute approximate surface area is 104 Å². The van der Waals surface area contributed by atoms with E-state index in [1.165, 1.54) is 0 Å². The first kappa shape index (κ1) is 15.9. The van der Waals surface area contributed by atoms with Gasteiger partial charge < -0.3 is 10.4 Å². The molecule has 0 rings (SSSR count). The van der Waals surface area contributed by atoms with Gasteiger partial charge in [0.15, 0.2) is 0 Å². The van der Waals surface area contributed by atoms with Gasteiger partial charge in [-0.3, -0.25) is 9.59 Å². The molecule has 0 aromatic carbocycles. The molecule has 1 amide bonds. The van der Waals surface area contributed by atoms with E-state index in [1.54, 1.807) is 13.8 Å². The van der Waals surface area contributed by atoms with E-state index in [0.717, 1.165) is 19.3 Å². The molecule has 0 aliphatic rings. The minimum Gasteiger partial charge on any atom is -0.481 e. The summed E-state index contributed by atoms with van der Waals surface area (Å²) in [5.41, 5.74) is -0.486. The first-order chi connectivity index (χ1) is 7.76. The van der Waals surface area contributed by atoms with E-state index >= 15 is 0 Å². The number of amides is 1. The number of unbranched alkanes of at least 4 members (excludes halogenated alkanes) is 1. The highest BCUT2D eigenvalue weighted by Crippen LogP contribution is 2.24. The van der Waals surface area contributed by atoms with Gasteiger partial charge in [0, 0.05) is 12.5 Å². The molecule has 100 valence electrons. The second-order valence-corrected chi connectivity index (χ2v) is 5.52. The lowest BCUT2D eigenvalue weighted by Gasteiger charge is -2.23. The van der Waals surface area contributed by atoms with Crippen molar-refractivity contribution < 1.29 is 14.7 Å². The molecule has 4 nitrogen and oxygen atoms in total. The van der Waals surface area contributed by atoms with Gasteiger partial charge in [-0.05, 0) is 18.8 Å². The third-order valence-corrected chi connectivity index (χ3v) is 2.67. The number of hydrogen-bond acceptors (Lipinski definition) is 2. The van der Waals surface area contributed by atoms with Crippen LogP contribution in [0.2, 0.25) is 0 Å². The molecule has 0 bridgehead atoms. The van der Waals surface area contributed by atoms with Crippen molar-refractivity contribution in [3.05, 3.63) is 0 Å². The van der Waals surface area contributed by atoms with Crippen LogP contribution in [0.25, 0.3) is 0 Å². The van der Waals surface area contributed by atoms with Crippen molar-refractivity contribution in [1.29, 1.82) is 0 Å². The predicted octanol–water partition coefficient (Wildman–Crippen LogP) is 2.57. The summed E-state index contributed by atoms with van der Waals surface area (Å²) >= 11 is 0. The van der Waals surface area contributed by atoms with Crippen LogP contribution >= 0.6 is 0 Å². The van der Waals surface area contributed by atoms with E-state index < -0.39 is 11.4 Å². The SMILES string of the molecule is CCCCC(C)NC(=O)CC(C)(C)CC(=O)O. The molecule has 0 aromatic heterocycles. The van der Waals surface area contributed by atoms with E-state index in [0.29, 0.717) is 0 Å². The van der Waals surface area contributed by atoms with Crippen LogP contribution in [0.5, 0.6) is 0 Å². The van der Waals surface area contributed by atoms with Gasteiger partial charge >= 0.3 is 5.97 Å². The highest BCUT2D eigenvalue weighted by atomic mass is 16.4. The number of carboxylic acid groups (broad SMARTS) is 1. The van der Waals surface area contributed by atoms with Crippen LogP contribution in [-0.4, -0.2) is 23.0 Å². The van der Waals surface area contributed by atoms with Gasteiger partial charge in [0.05, 0.1) is 6.42 Å². The van der Waals surface area contributed by atoms with Crippen molar-refractivity contribution in [2.24, 2.45) is 5.41 Å². The monoisotopic (exact) mass is 243 g/mol. The zero-order valence-corrected chi connectivity index (χ0v) is 11.4. The summed E-state index contributed by atoms with van der Waals surface area (Å²) < 4.78 is 0. The molecular formula is C13H25NO3. The van der Waals surface area contributed by atoms with Crippen LogP contribution in [0.3, 0.4) is 0 Å². The van der Waals surface area contributed by atoms with Gasteiger partial charge in [-0.1, -0.05) is 33.6 Å². The number of aliphatic carboxylic acids is 1. The number of nitrogens with one attached hydrogen (secondary N) is 1. The molecule has 0 fully saturated rings. The third kappa shape index (κ3) is 8.72. The summed E-state index contributed by atoms with van der Waals surface area (Å²) in [5, 5.41) is 11.6. The maximum Gasteiger partial charge on any atom is 0.303 e. The first-order valence-electron chi connectivity index (χ1n) is 6.28. The van der Waals surface area contributed by atoms with Crippen LogP contribution in [0.4, 0.5) is 0 Å². The summed E-state index contributed by atoms with van der Waals surface area (Å²) in [6.45, 7) is 7.71. The highest BCUT2D eigenvalue weighted by molar-refractivity contribution is 5.78. The largest absolute Gasteiger partial charge is 0.481 e. The number of carbonyl (C=O) groups excluding carboxylic acids is 1. The Morgan fingerprint density at radius 2 is 1.88 bits per heavy atom. The van der Waals surface area contributed by atoms with E-state index in [-0.39, 0.29) is 24.8 Å². The fourth-order valence-corrected chi connectivity index (χ4v) is 1.81. The fraction of sp³-hybridized carbons (Fsp3) is 0.846. The Balaban J connectivity index is 4.03. The van der Waals surface area contributed by atoms with E-state index in [9.17, 15) is 9.59 Å². The molecule has 1 unspecified atom stereocenters. The lowest BCUT2D eigenvalue weighted by Crippen LogP contribution is -2.35. The molecule has 0 saturated carbocycles. The van der Waals surface area contributed by atoms with Gasteiger partial charge in [0.25, 0.3) is 0 Å². The topological polar surface area (TPSA) is 66.4 Å². The van der Waals surface area contributed by atoms with Gasteiger partial charge in [0.1, 0.15) is 0 Å². The lowest BCUT2D eigenvalue weighted by atomic mass is 9.85. The zero-order chi connectivity index (χ0) is 13.5. The number of rotatable bonds is 8. The normalized spacial score (nSPS) is 13.2. The summed E-state index contributed by atoms with van der Waals surface area (Å²) in [6.07, 6.45) is 3.46. The number of carbonyl (C=O) groups is 2. The smallest absolute Gasteiger partial charge is 0.303 e.